The van der Waals surface area contributed by atoms with Crippen molar-refractivity contribution in [3.8, 4) is 0 Å². The number of fused-ring (bicyclic) bond motifs is 1. The average molecular weight is 335 g/mol. The Kier molecular flexibility index (Phi) is 3.69. The molecule has 0 aromatic heterocycles. The van der Waals surface area contributed by atoms with Gasteiger partial charge >= 0.3 is 0 Å². The van der Waals surface area contributed by atoms with Crippen LogP contribution in [0.2, 0.25) is 0 Å². The number of aliphatic imine (C=N–C) groups is 1. The molecule has 2 aromatic carbocycles. The minimum absolute atomic E-state index is 0.137. The fraction of sp³-hybridized carbons (Fsp3) is 0.350. The zero-order chi connectivity index (χ0) is 17.6. The Balaban J connectivity index is 1.69. The zero-order valence-corrected chi connectivity index (χ0v) is 14.4. The predicted octanol–water partition coefficient (Wildman–Crippen LogP) is 4.34. The van der Waals surface area contributed by atoms with Crippen LogP contribution < -0.4 is 0 Å². The van der Waals surface area contributed by atoms with E-state index >= 15 is 0 Å². The molecule has 2 heterocycles. The number of non-ortho nitro benzene ring substituents is 1. The van der Waals surface area contributed by atoms with Gasteiger partial charge in [-0.1, -0.05) is 55.8 Å². The van der Waals surface area contributed by atoms with Gasteiger partial charge in [-0.15, -0.1) is 0 Å². The number of nitro benzene ring substituents is 1. The van der Waals surface area contributed by atoms with Crippen molar-refractivity contribution in [2.24, 2.45) is 4.99 Å². The van der Waals surface area contributed by atoms with Crippen molar-refractivity contribution < 1.29 is 4.92 Å². The van der Waals surface area contributed by atoms with Gasteiger partial charge in [0.15, 0.2) is 0 Å². The van der Waals surface area contributed by atoms with Gasteiger partial charge < -0.3 is 0 Å². The van der Waals surface area contributed by atoms with Gasteiger partial charge in [0.05, 0.1) is 22.7 Å². The maximum absolute atomic E-state index is 10.9. The average Bonchev–Trinajstić information content (AvgIpc) is 3.30. The van der Waals surface area contributed by atoms with Crippen LogP contribution in [0.25, 0.3) is 0 Å². The van der Waals surface area contributed by atoms with E-state index in [1.54, 1.807) is 12.1 Å². The molecule has 2 aromatic rings. The van der Waals surface area contributed by atoms with Crippen molar-refractivity contribution >= 4 is 11.4 Å². The third kappa shape index (κ3) is 2.55. The van der Waals surface area contributed by atoms with E-state index in [4.69, 9.17) is 4.99 Å². The van der Waals surface area contributed by atoms with E-state index < -0.39 is 0 Å². The van der Waals surface area contributed by atoms with Crippen molar-refractivity contribution in [3.63, 3.8) is 0 Å². The van der Waals surface area contributed by atoms with E-state index in [2.05, 4.69) is 30.9 Å². The lowest BCUT2D eigenvalue weighted by Crippen LogP contribution is -2.30. The number of hydrogen-bond acceptors (Lipinski definition) is 4. The molecule has 0 aliphatic carbocycles. The lowest BCUT2D eigenvalue weighted by Gasteiger charge is -2.25. The first kappa shape index (κ1) is 16.0. The minimum Gasteiger partial charge on any atom is -0.265 e. The summed E-state index contributed by atoms with van der Waals surface area (Å²) in [6.45, 7) is 4.38. The molecule has 0 N–H and O–H groups in total. The van der Waals surface area contributed by atoms with Gasteiger partial charge in [0, 0.05) is 12.1 Å². The van der Waals surface area contributed by atoms with E-state index in [9.17, 15) is 10.1 Å². The second-order valence-electron chi connectivity index (χ2n) is 6.98. The molecule has 0 spiro atoms. The van der Waals surface area contributed by atoms with Crippen molar-refractivity contribution in [2.45, 2.75) is 44.4 Å². The third-order valence-corrected chi connectivity index (χ3v) is 5.25. The lowest BCUT2D eigenvalue weighted by atomic mass is 10.00. The van der Waals surface area contributed by atoms with Gasteiger partial charge in [-0.2, -0.15) is 0 Å². The molecular weight excluding hydrogens is 314 g/mol. The van der Waals surface area contributed by atoms with E-state index in [1.165, 1.54) is 5.56 Å². The standard InChI is InChI=1S/C20H21N3O2/c1-3-13-20(2)21-17(14-7-5-4-6-8-14)19-18(22(19)20)15-9-11-16(12-10-15)23(24)25/h4-12,18-19H,3,13H2,1-2H3. The molecule has 25 heavy (non-hydrogen) atoms. The summed E-state index contributed by atoms with van der Waals surface area (Å²) in [7, 11) is 0. The number of nitrogens with zero attached hydrogens (tertiary/aromatic N) is 3. The topological polar surface area (TPSA) is 58.5 Å². The first-order valence-electron chi connectivity index (χ1n) is 8.73. The summed E-state index contributed by atoms with van der Waals surface area (Å²) in [5, 5.41) is 10.9. The Bertz CT molecular complexity index is 832. The maximum Gasteiger partial charge on any atom is 0.269 e. The van der Waals surface area contributed by atoms with E-state index in [0.717, 1.165) is 24.1 Å². The molecule has 2 aliphatic rings. The molecule has 0 saturated carbocycles. The zero-order valence-electron chi connectivity index (χ0n) is 14.4. The van der Waals surface area contributed by atoms with Crippen LogP contribution in [0.15, 0.2) is 59.6 Å². The van der Waals surface area contributed by atoms with Gasteiger partial charge in [0.25, 0.3) is 5.69 Å². The highest BCUT2D eigenvalue weighted by Gasteiger charge is 2.63. The maximum atomic E-state index is 10.9. The third-order valence-electron chi connectivity index (χ3n) is 5.25. The van der Waals surface area contributed by atoms with E-state index in [0.29, 0.717) is 0 Å². The highest BCUT2D eigenvalue weighted by atomic mass is 16.6. The van der Waals surface area contributed by atoms with Crippen LogP contribution in [-0.2, 0) is 0 Å². The van der Waals surface area contributed by atoms with Crippen LogP contribution in [0.4, 0.5) is 5.69 Å². The van der Waals surface area contributed by atoms with Crippen molar-refractivity contribution in [1.82, 2.24) is 4.90 Å². The number of rotatable bonds is 5. The molecule has 2 aliphatic heterocycles. The quantitative estimate of drug-likeness (QED) is 0.464. The smallest absolute Gasteiger partial charge is 0.265 e. The molecule has 4 rings (SSSR count). The van der Waals surface area contributed by atoms with E-state index in [1.807, 2.05) is 30.3 Å². The van der Waals surface area contributed by atoms with Crippen LogP contribution >= 0.6 is 0 Å². The summed E-state index contributed by atoms with van der Waals surface area (Å²) in [5.74, 6) is 0. The molecule has 0 amide bonds. The first-order valence-corrected chi connectivity index (χ1v) is 8.73. The monoisotopic (exact) mass is 335 g/mol. The molecule has 4 unspecified atom stereocenters. The molecule has 0 bridgehead atoms. The Labute approximate surface area is 147 Å². The summed E-state index contributed by atoms with van der Waals surface area (Å²) in [6, 6.07) is 17.8. The summed E-state index contributed by atoms with van der Waals surface area (Å²) < 4.78 is 0. The van der Waals surface area contributed by atoms with Crippen molar-refractivity contribution in [2.75, 3.05) is 0 Å². The van der Waals surface area contributed by atoms with Crippen LogP contribution in [0, 0.1) is 10.1 Å². The molecular formula is C20H21N3O2. The predicted molar refractivity (Wildman–Crippen MR) is 97.8 cm³/mol. The Morgan fingerprint density at radius 3 is 2.40 bits per heavy atom. The molecule has 128 valence electrons. The SMILES string of the molecule is CCCC1(C)N=C(c2ccccc2)C2C(c3ccc([N+](=O)[O-])cc3)N21. The van der Waals surface area contributed by atoms with Crippen LogP contribution in [0.3, 0.4) is 0 Å². The summed E-state index contributed by atoms with van der Waals surface area (Å²) in [4.78, 5) is 18.1. The molecule has 5 nitrogen and oxygen atoms in total. The Hall–Kier alpha value is -2.53. The van der Waals surface area contributed by atoms with Gasteiger partial charge in [0.2, 0.25) is 0 Å². The van der Waals surface area contributed by atoms with Crippen molar-refractivity contribution in [3.05, 3.63) is 75.8 Å². The van der Waals surface area contributed by atoms with Gasteiger partial charge in [-0.05, 0) is 24.5 Å². The Morgan fingerprint density at radius 2 is 1.80 bits per heavy atom. The van der Waals surface area contributed by atoms with Crippen LogP contribution in [0.1, 0.15) is 43.9 Å². The van der Waals surface area contributed by atoms with Crippen molar-refractivity contribution in [1.29, 1.82) is 0 Å². The largest absolute Gasteiger partial charge is 0.269 e. The highest BCUT2D eigenvalue weighted by Crippen LogP contribution is 2.56. The fourth-order valence-electron chi connectivity index (χ4n) is 4.13. The fourth-order valence-corrected chi connectivity index (χ4v) is 4.13. The first-order chi connectivity index (χ1) is 12.0. The molecule has 1 fully saturated rings. The van der Waals surface area contributed by atoms with E-state index in [-0.39, 0.29) is 28.4 Å². The molecule has 1 saturated heterocycles. The second-order valence-corrected chi connectivity index (χ2v) is 6.98. The molecule has 5 heteroatoms. The van der Waals surface area contributed by atoms with Crippen LogP contribution in [0.5, 0.6) is 0 Å². The lowest BCUT2D eigenvalue weighted by molar-refractivity contribution is -0.384. The van der Waals surface area contributed by atoms with Gasteiger partial charge in [0.1, 0.15) is 5.66 Å². The molecule has 4 atom stereocenters. The van der Waals surface area contributed by atoms with Gasteiger partial charge in [-0.25, -0.2) is 0 Å². The normalized spacial score (nSPS) is 29.8. The highest BCUT2D eigenvalue weighted by molar-refractivity contribution is 6.08. The summed E-state index contributed by atoms with van der Waals surface area (Å²) in [6.07, 6.45) is 2.07. The Morgan fingerprint density at radius 1 is 1.12 bits per heavy atom. The number of nitro groups is 1. The number of hydrogen-bond donors (Lipinski definition) is 0. The summed E-state index contributed by atoms with van der Waals surface area (Å²) >= 11 is 0. The second kappa shape index (κ2) is 5.77. The van der Waals surface area contributed by atoms with Crippen LogP contribution in [-0.4, -0.2) is 27.2 Å². The molecule has 0 radical (unpaired) electrons. The summed E-state index contributed by atoms with van der Waals surface area (Å²) in [5.41, 5.74) is 3.37. The minimum atomic E-state index is -0.351. The van der Waals surface area contributed by atoms with Gasteiger partial charge in [-0.3, -0.25) is 20.0 Å². The number of benzene rings is 2.